The van der Waals surface area contributed by atoms with Crippen LogP contribution in [-0.4, -0.2) is 29.7 Å². The van der Waals surface area contributed by atoms with Crippen LogP contribution in [0.5, 0.6) is 0 Å². The van der Waals surface area contributed by atoms with E-state index in [9.17, 15) is 4.79 Å². The molecule has 0 aliphatic heterocycles. The molecule has 1 rings (SSSR count). The van der Waals surface area contributed by atoms with E-state index in [4.69, 9.17) is 5.11 Å². The van der Waals surface area contributed by atoms with Crippen LogP contribution >= 0.6 is 0 Å². The van der Waals surface area contributed by atoms with Crippen LogP contribution in [0.3, 0.4) is 0 Å². The van der Waals surface area contributed by atoms with Gasteiger partial charge in [-0.2, -0.15) is 0 Å². The smallest absolute Gasteiger partial charge is 0.335 e. The van der Waals surface area contributed by atoms with E-state index >= 15 is 0 Å². The summed E-state index contributed by atoms with van der Waals surface area (Å²) in [6.07, 6.45) is 2.17. The Balaban J connectivity index is 2.72. The van der Waals surface area contributed by atoms with Gasteiger partial charge in [0.25, 0.3) is 0 Å². The summed E-state index contributed by atoms with van der Waals surface area (Å²) in [7, 11) is 1.85. The molecule has 78 valence electrons. The van der Waals surface area contributed by atoms with E-state index in [1.54, 1.807) is 0 Å². The van der Waals surface area contributed by atoms with Gasteiger partial charge < -0.3 is 10.4 Å². The van der Waals surface area contributed by atoms with Crippen molar-refractivity contribution in [3.63, 3.8) is 0 Å². The molecule has 0 atom stereocenters. The van der Waals surface area contributed by atoms with Crippen molar-refractivity contribution in [2.24, 2.45) is 0 Å². The average molecular weight is 204 g/mol. The molecule has 0 aliphatic rings. The molecule has 0 amide bonds. The van der Waals surface area contributed by atoms with Crippen LogP contribution in [0.1, 0.15) is 22.5 Å². The number of carbonyl (C=O) groups is 1. The Hall–Kier alpha value is -1.86. The predicted octanol–water partition coefficient (Wildman–Crippen LogP) is 0.741. The highest BCUT2D eigenvalue weighted by Crippen LogP contribution is 2.00. The highest BCUT2D eigenvalue weighted by molar-refractivity contribution is 5.87. The molecule has 0 bridgehead atoms. The minimum atomic E-state index is -0.962. The third kappa shape index (κ3) is 3.79. The van der Waals surface area contributed by atoms with Crippen molar-refractivity contribution < 1.29 is 9.90 Å². The van der Waals surface area contributed by atoms with Crippen LogP contribution in [-0.2, 0) is 0 Å². The first-order valence-corrected chi connectivity index (χ1v) is 4.57. The fourth-order valence-electron chi connectivity index (χ4n) is 0.972. The standard InChI is InChI=1S/C11H12N2O2/c1-12-6-3-2-4-10-8-9(11(14)15)5-7-13-10/h5,7-8,12H,3,6H2,1H3,(H,14,15). The Kier molecular flexibility index (Phi) is 4.32. The van der Waals surface area contributed by atoms with Crippen molar-refractivity contribution in [3.05, 3.63) is 29.6 Å². The van der Waals surface area contributed by atoms with Crippen molar-refractivity contribution in [3.8, 4) is 11.8 Å². The molecule has 1 aromatic heterocycles. The lowest BCUT2D eigenvalue weighted by Crippen LogP contribution is -2.05. The maximum Gasteiger partial charge on any atom is 0.335 e. The zero-order chi connectivity index (χ0) is 11.1. The Bertz CT molecular complexity index is 405. The molecule has 0 saturated heterocycles. The van der Waals surface area contributed by atoms with Gasteiger partial charge >= 0.3 is 5.97 Å². The number of aromatic carboxylic acids is 1. The molecular formula is C11H12N2O2. The minimum absolute atomic E-state index is 0.211. The van der Waals surface area contributed by atoms with Gasteiger partial charge in [0.2, 0.25) is 0 Å². The zero-order valence-corrected chi connectivity index (χ0v) is 8.45. The van der Waals surface area contributed by atoms with Crippen molar-refractivity contribution in [1.29, 1.82) is 0 Å². The average Bonchev–Trinajstić information content (AvgIpc) is 2.25. The minimum Gasteiger partial charge on any atom is -0.478 e. The molecule has 0 aromatic carbocycles. The normalized spacial score (nSPS) is 9.13. The van der Waals surface area contributed by atoms with Gasteiger partial charge in [-0.1, -0.05) is 5.92 Å². The van der Waals surface area contributed by atoms with Crippen molar-refractivity contribution in [1.82, 2.24) is 10.3 Å². The number of hydrogen-bond donors (Lipinski definition) is 2. The first-order valence-electron chi connectivity index (χ1n) is 4.57. The van der Waals surface area contributed by atoms with Gasteiger partial charge in [0.05, 0.1) is 5.56 Å². The largest absolute Gasteiger partial charge is 0.478 e. The van der Waals surface area contributed by atoms with E-state index in [0.717, 1.165) is 13.0 Å². The fraction of sp³-hybridized carbons (Fsp3) is 0.273. The fourth-order valence-corrected chi connectivity index (χ4v) is 0.972. The summed E-state index contributed by atoms with van der Waals surface area (Å²) in [6.45, 7) is 0.811. The topological polar surface area (TPSA) is 62.2 Å². The summed E-state index contributed by atoms with van der Waals surface area (Å²) >= 11 is 0. The summed E-state index contributed by atoms with van der Waals surface area (Å²) in [5, 5.41) is 11.7. The molecule has 15 heavy (non-hydrogen) atoms. The highest BCUT2D eigenvalue weighted by atomic mass is 16.4. The molecule has 0 spiro atoms. The zero-order valence-electron chi connectivity index (χ0n) is 8.45. The van der Waals surface area contributed by atoms with E-state index in [1.807, 2.05) is 7.05 Å². The Labute approximate surface area is 88.3 Å². The maximum atomic E-state index is 10.6. The third-order valence-electron chi connectivity index (χ3n) is 1.72. The lowest BCUT2D eigenvalue weighted by atomic mass is 10.2. The van der Waals surface area contributed by atoms with Crippen LogP contribution in [0.4, 0.5) is 0 Å². The summed E-state index contributed by atoms with van der Waals surface area (Å²) in [5.41, 5.74) is 0.703. The van der Waals surface area contributed by atoms with Gasteiger partial charge in [-0.05, 0) is 25.1 Å². The van der Waals surface area contributed by atoms with E-state index < -0.39 is 5.97 Å². The van der Waals surface area contributed by atoms with Crippen LogP contribution in [0.2, 0.25) is 0 Å². The number of pyridine rings is 1. The number of carboxylic acid groups (broad SMARTS) is 1. The molecule has 4 heteroatoms. The SMILES string of the molecule is CNCCC#Cc1cc(C(=O)O)ccn1. The molecule has 1 heterocycles. The van der Waals surface area contributed by atoms with E-state index in [1.165, 1.54) is 18.3 Å². The van der Waals surface area contributed by atoms with Crippen molar-refractivity contribution >= 4 is 5.97 Å². The number of carboxylic acids is 1. The molecule has 0 fully saturated rings. The number of nitrogens with one attached hydrogen (secondary N) is 1. The highest BCUT2D eigenvalue weighted by Gasteiger charge is 2.01. The molecule has 0 saturated carbocycles. The Morgan fingerprint density at radius 1 is 1.67 bits per heavy atom. The first kappa shape index (κ1) is 11.2. The van der Waals surface area contributed by atoms with Gasteiger partial charge in [0.15, 0.2) is 0 Å². The van der Waals surface area contributed by atoms with Crippen LogP contribution in [0, 0.1) is 11.8 Å². The van der Waals surface area contributed by atoms with Crippen LogP contribution < -0.4 is 5.32 Å². The van der Waals surface area contributed by atoms with Crippen LogP contribution in [0.25, 0.3) is 0 Å². The number of aromatic nitrogens is 1. The number of hydrogen-bond acceptors (Lipinski definition) is 3. The van der Waals surface area contributed by atoms with Gasteiger partial charge in [-0.15, -0.1) is 0 Å². The molecular weight excluding hydrogens is 192 g/mol. The summed E-state index contributed by atoms with van der Waals surface area (Å²) in [5.74, 6) is 4.75. The van der Waals surface area contributed by atoms with Crippen LogP contribution in [0.15, 0.2) is 18.3 Å². The maximum absolute atomic E-state index is 10.6. The molecule has 1 aromatic rings. The quantitative estimate of drug-likeness (QED) is 0.563. The van der Waals surface area contributed by atoms with Crippen molar-refractivity contribution in [2.45, 2.75) is 6.42 Å². The summed E-state index contributed by atoms with van der Waals surface area (Å²) in [6, 6.07) is 2.91. The molecule has 2 N–H and O–H groups in total. The van der Waals surface area contributed by atoms with E-state index in [0.29, 0.717) is 5.69 Å². The predicted molar refractivity (Wildman–Crippen MR) is 56.6 cm³/mol. The molecule has 4 nitrogen and oxygen atoms in total. The first-order chi connectivity index (χ1) is 7.24. The number of nitrogens with zero attached hydrogens (tertiary/aromatic N) is 1. The van der Waals surface area contributed by atoms with E-state index in [2.05, 4.69) is 22.1 Å². The van der Waals surface area contributed by atoms with Crippen molar-refractivity contribution in [2.75, 3.05) is 13.6 Å². The Morgan fingerprint density at radius 2 is 2.47 bits per heavy atom. The van der Waals surface area contributed by atoms with Gasteiger partial charge in [-0.3, -0.25) is 0 Å². The third-order valence-corrected chi connectivity index (χ3v) is 1.72. The second-order valence-electron chi connectivity index (χ2n) is 2.89. The molecule has 0 aliphatic carbocycles. The monoisotopic (exact) mass is 204 g/mol. The van der Waals surface area contributed by atoms with Gasteiger partial charge in [-0.25, -0.2) is 9.78 Å². The second kappa shape index (κ2) is 5.78. The summed E-state index contributed by atoms with van der Waals surface area (Å²) in [4.78, 5) is 14.6. The molecule has 0 radical (unpaired) electrons. The summed E-state index contributed by atoms with van der Waals surface area (Å²) < 4.78 is 0. The lowest BCUT2D eigenvalue weighted by molar-refractivity contribution is 0.0696. The van der Waals surface area contributed by atoms with Gasteiger partial charge in [0.1, 0.15) is 5.69 Å². The molecule has 0 unspecified atom stereocenters. The Morgan fingerprint density at radius 3 is 3.13 bits per heavy atom. The number of rotatable bonds is 3. The lowest BCUT2D eigenvalue weighted by Gasteiger charge is -1.93. The van der Waals surface area contributed by atoms with Gasteiger partial charge in [0, 0.05) is 19.2 Å². The van der Waals surface area contributed by atoms with E-state index in [-0.39, 0.29) is 5.56 Å². The second-order valence-corrected chi connectivity index (χ2v) is 2.89.